The highest BCUT2D eigenvalue weighted by atomic mass is 16.6. The number of carbonyl (C=O) groups is 2. The molecule has 1 aliphatic rings. The van der Waals surface area contributed by atoms with E-state index in [1.54, 1.807) is 6.08 Å². The Hall–Kier alpha value is -4.07. The summed E-state index contributed by atoms with van der Waals surface area (Å²) in [6.07, 6.45) is 9.02. The molecule has 2 aromatic carbocycles. The lowest BCUT2D eigenvalue weighted by molar-refractivity contribution is -0.125. The number of esters is 1. The van der Waals surface area contributed by atoms with Crippen LogP contribution in [0.15, 0.2) is 71.9 Å². The van der Waals surface area contributed by atoms with Gasteiger partial charge in [0.1, 0.15) is 17.1 Å². The van der Waals surface area contributed by atoms with Crippen LogP contribution in [-0.2, 0) is 27.3 Å². The van der Waals surface area contributed by atoms with E-state index >= 15 is 0 Å². The van der Waals surface area contributed by atoms with Crippen molar-refractivity contribution in [2.24, 2.45) is 11.1 Å². The van der Waals surface area contributed by atoms with E-state index in [-0.39, 0.29) is 48.5 Å². The lowest BCUT2D eigenvalue weighted by Crippen LogP contribution is -2.26. The van der Waals surface area contributed by atoms with E-state index in [0.717, 1.165) is 18.1 Å². The molecular weight excluding hydrogens is 448 g/mol. The third-order valence-corrected chi connectivity index (χ3v) is 5.27. The van der Waals surface area contributed by atoms with E-state index in [1.807, 2.05) is 48.6 Å². The molecule has 8 heteroatoms. The summed E-state index contributed by atoms with van der Waals surface area (Å²) >= 11 is 0. The zero-order chi connectivity index (χ0) is 25.0. The summed E-state index contributed by atoms with van der Waals surface area (Å²) in [5, 5.41) is 27.2. The predicted molar refractivity (Wildman–Crippen MR) is 132 cm³/mol. The number of rotatable bonds is 5. The SMILES string of the molecule is CC1C=CCCOC(=O)c2c(O)cc(O)cc2CC(=NOCC(=O)NCc2ccccc2)C=CC1. The van der Waals surface area contributed by atoms with Gasteiger partial charge in [0, 0.05) is 19.0 Å². The second-order valence-corrected chi connectivity index (χ2v) is 8.26. The summed E-state index contributed by atoms with van der Waals surface area (Å²) in [6.45, 7) is 2.32. The minimum Gasteiger partial charge on any atom is -0.508 e. The van der Waals surface area contributed by atoms with Gasteiger partial charge in [0.25, 0.3) is 5.91 Å². The van der Waals surface area contributed by atoms with Crippen LogP contribution in [0.1, 0.15) is 41.3 Å². The minimum absolute atomic E-state index is 0.0427. The number of allylic oxidation sites excluding steroid dienone is 3. The smallest absolute Gasteiger partial charge is 0.342 e. The molecule has 1 heterocycles. The number of cyclic esters (lactones) is 1. The predicted octanol–water partition coefficient (Wildman–Crippen LogP) is 4.03. The fraction of sp³-hybridized carbons (Fsp3) is 0.296. The van der Waals surface area contributed by atoms with Crippen molar-refractivity contribution in [1.29, 1.82) is 0 Å². The molecule has 0 spiro atoms. The molecule has 0 radical (unpaired) electrons. The van der Waals surface area contributed by atoms with Crippen LogP contribution >= 0.6 is 0 Å². The van der Waals surface area contributed by atoms with Crippen LogP contribution in [0.3, 0.4) is 0 Å². The van der Waals surface area contributed by atoms with E-state index in [0.29, 0.717) is 24.2 Å². The number of amides is 1. The van der Waals surface area contributed by atoms with Crippen LogP contribution in [0.25, 0.3) is 0 Å². The van der Waals surface area contributed by atoms with Crippen molar-refractivity contribution in [3.05, 3.63) is 83.5 Å². The van der Waals surface area contributed by atoms with Crippen LogP contribution in [0.2, 0.25) is 0 Å². The van der Waals surface area contributed by atoms with Gasteiger partial charge >= 0.3 is 5.97 Å². The Balaban J connectivity index is 1.76. The highest BCUT2D eigenvalue weighted by Crippen LogP contribution is 2.29. The first-order valence-electron chi connectivity index (χ1n) is 11.5. The Labute approximate surface area is 204 Å². The number of benzene rings is 2. The summed E-state index contributed by atoms with van der Waals surface area (Å²) in [7, 11) is 0. The van der Waals surface area contributed by atoms with Crippen molar-refractivity contribution in [2.45, 2.75) is 32.7 Å². The van der Waals surface area contributed by atoms with Crippen LogP contribution in [0.4, 0.5) is 0 Å². The van der Waals surface area contributed by atoms with E-state index in [4.69, 9.17) is 9.57 Å². The summed E-state index contributed by atoms with van der Waals surface area (Å²) in [4.78, 5) is 30.1. The molecule has 35 heavy (non-hydrogen) atoms. The number of phenols is 2. The van der Waals surface area contributed by atoms with Crippen LogP contribution in [0, 0.1) is 5.92 Å². The summed E-state index contributed by atoms with van der Waals surface area (Å²) in [5.41, 5.74) is 1.66. The molecule has 0 fully saturated rings. The van der Waals surface area contributed by atoms with Crippen LogP contribution < -0.4 is 5.32 Å². The largest absolute Gasteiger partial charge is 0.508 e. The highest BCUT2D eigenvalue weighted by molar-refractivity contribution is 6.00. The summed E-state index contributed by atoms with van der Waals surface area (Å²) < 4.78 is 5.31. The zero-order valence-electron chi connectivity index (χ0n) is 19.6. The monoisotopic (exact) mass is 478 g/mol. The Morgan fingerprint density at radius 1 is 1.20 bits per heavy atom. The molecule has 0 bridgehead atoms. The molecule has 1 atom stereocenters. The molecular formula is C27H30N2O6. The maximum Gasteiger partial charge on any atom is 0.342 e. The first-order valence-corrected chi connectivity index (χ1v) is 11.5. The van der Waals surface area contributed by atoms with Crippen molar-refractivity contribution >= 4 is 17.6 Å². The lowest BCUT2D eigenvalue weighted by Gasteiger charge is -2.13. The lowest BCUT2D eigenvalue weighted by atomic mass is 9.99. The fourth-order valence-corrected chi connectivity index (χ4v) is 3.50. The molecule has 1 amide bonds. The number of ether oxygens (including phenoxy) is 1. The van der Waals surface area contributed by atoms with Crippen molar-refractivity contribution in [2.75, 3.05) is 13.2 Å². The second-order valence-electron chi connectivity index (χ2n) is 8.26. The maximum atomic E-state index is 12.6. The molecule has 184 valence electrons. The molecule has 1 unspecified atom stereocenters. The van der Waals surface area contributed by atoms with Gasteiger partial charge in [-0.1, -0.05) is 60.6 Å². The van der Waals surface area contributed by atoms with Gasteiger partial charge in [-0.15, -0.1) is 0 Å². The number of nitrogens with zero attached hydrogens (tertiary/aromatic N) is 1. The fourth-order valence-electron chi connectivity index (χ4n) is 3.50. The van der Waals surface area contributed by atoms with Gasteiger partial charge in [-0.05, 0) is 42.0 Å². The number of hydrogen-bond donors (Lipinski definition) is 3. The standard InChI is InChI=1S/C27H30N2O6/c1-19-8-5-6-13-34-27(33)26-21(15-23(30)16-24(26)31)14-22(12-7-9-19)29-35-18-25(32)28-17-20-10-3-2-4-11-20/h2-5,7-8,10-12,15-16,19,30-31H,6,9,13-14,17-18H2,1H3,(H,28,32). The molecule has 0 aromatic heterocycles. The Bertz CT molecular complexity index is 1110. The van der Waals surface area contributed by atoms with E-state index < -0.39 is 5.97 Å². The van der Waals surface area contributed by atoms with Gasteiger partial charge in [-0.2, -0.15) is 0 Å². The van der Waals surface area contributed by atoms with Gasteiger partial charge in [-0.25, -0.2) is 4.79 Å². The molecule has 3 N–H and O–H groups in total. The number of phenolic OH excluding ortho intramolecular Hbond substituents is 2. The average Bonchev–Trinajstić information content (AvgIpc) is 2.82. The number of fused-ring (bicyclic) bond motifs is 1. The number of oxime groups is 1. The van der Waals surface area contributed by atoms with Gasteiger partial charge in [-0.3, -0.25) is 4.79 Å². The van der Waals surface area contributed by atoms with Gasteiger partial charge in [0.15, 0.2) is 6.61 Å². The molecule has 1 aliphatic heterocycles. The van der Waals surface area contributed by atoms with Gasteiger partial charge < -0.3 is 25.1 Å². The normalized spacial score (nSPS) is 17.8. The Kier molecular flexibility index (Phi) is 9.48. The second kappa shape index (κ2) is 13.0. The van der Waals surface area contributed by atoms with Crippen molar-refractivity contribution in [1.82, 2.24) is 5.32 Å². The molecule has 3 rings (SSSR count). The third kappa shape index (κ3) is 8.33. The van der Waals surface area contributed by atoms with Gasteiger partial charge in [0.05, 0.1) is 12.3 Å². The summed E-state index contributed by atoms with van der Waals surface area (Å²) in [5.74, 6) is -1.35. The molecule has 0 saturated carbocycles. The third-order valence-electron chi connectivity index (χ3n) is 5.27. The maximum absolute atomic E-state index is 12.6. The van der Waals surface area contributed by atoms with Gasteiger partial charge in [0.2, 0.25) is 0 Å². The van der Waals surface area contributed by atoms with E-state index in [2.05, 4.69) is 17.4 Å². The molecule has 8 nitrogen and oxygen atoms in total. The number of aromatic hydroxyl groups is 2. The van der Waals surface area contributed by atoms with Crippen molar-refractivity contribution in [3.63, 3.8) is 0 Å². The molecule has 2 aromatic rings. The van der Waals surface area contributed by atoms with Crippen LogP contribution in [0.5, 0.6) is 11.5 Å². The average molecular weight is 479 g/mol. The van der Waals surface area contributed by atoms with Crippen molar-refractivity contribution < 1.29 is 29.4 Å². The van der Waals surface area contributed by atoms with Crippen molar-refractivity contribution in [3.8, 4) is 11.5 Å². The minimum atomic E-state index is -0.694. The quantitative estimate of drug-likeness (QED) is 0.339. The van der Waals surface area contributed by atoms with E-state index in [9.17, 15) is 19.8 Å². The molecule has 0 aliphatic carbocycles. The molecule has 0 saturated heterocycles. The van der Waals surface area contributed by atoms with Crippen LogP contribution in [-0.4, -0.2) is 41.0 Å². The summed E-state index contributed by atoms with van der Waals surface area (Å²) in [6, 6.07) is 12.0. The van der Waals surface area contributed by atoms with E-state index in [1.165, 1.54) is 6.07 Å². The Morgan fingerprint density at radius 3 is 2.80 bits per heavy atom. The first kappa shape index (κ1) is 25.6. The number of nitrogens with one attached hydrogen (secondary N) is 1. The topological polar surface area (TPSA) is 117 Å². The highest BCUT2D eigenvalue weighted by Gasteiger charge is 2.20. The number of carbonyl (C=O) groups excluding carboxylic acids is 2. The Morgan fingerprint density at radius 2 is 2.00 bits per heavy atom. The number of hydrogen-bond acceptors (Lipinski definition) is 7. The first-order chi connectivity index (χ1) is 16.9. The zero-order valence-corrected chi connectivity index (χ0v) is 19.6.